The van der Waals surface area contributed by atoms with Gasteiger partial charge in [0.15, 0.2) is 0 Å². The Bertz CT molecular complexity index is 1300. The van der Waals surface area contributed by atoms with E-state index < -0.39 is 23.5 Å². The molecular weight excluding hydrogens is 458 g/mol. The number of piperidine rings is 1. The SMILES string of the molecule is Cc1cc(NC(=O)C(=O)N2CCCC[C@H]2c2ccc3cnccc3c2)cnc1NC(=O)OC(C)(C)C. The zero-order chi connectivity index (χ0) is 25.9. The summed E-state index contributed by atoms with van der Waals surface area (Å²) in [5.74, 6) is -0.986. The molecule has 0 radical (unpaired) electrons. The number of carbonyl (C=O) groups is 3. The average Bonchev–Trinajstić information content (AvgIpc) is 2.84. The van der Waals surface area contributed by atoms with E-state index in [4.69, 9.17) is 4.74 Å². The van der Waals surface area contributed by atoms with Gasteiger partial charge in [-0.1, -0.05) is 12.1 Å². The molecule has 4 rings (SSSR count). The molecular formula is C27H31N5O4. The molecule has 1 aliphatic heterocycles. The standard InChI is InChI=1S/C27H31N5O4/c1-17-13-21(16-29-23(17)31-26(35)36-27(2,3)4)30-24(33)25(34)32-12-6-5-7-22(32)19-8-9-20-15-28-11-10-18(20)14-19/h8-11,13-16,22H,5-7,12H2,1-4H3,(H,30,33)(H,29,31,35)/t22-/m0/s1. The number of rotatable bonds is 3. The van der Waals surface area contributed by atoms with Crippen LogP contribution in [0.5, 0.6) is 0 Å². The lowest BCUT2D eigenvalue weighted by Crippen LogP contribution is -2.44. The highest BCUT2D eigenvalue weighted by molar-refractivity contribution is 6.39. The molecule has 1 aliphatic rings. The van der Waals surface area contributed by atoms with Gasteiger partial charge in [0.25, 0.3) is 0 Å². The van der Waals surface area contributed by atoms with E-state index in [2.05, 4.69) is 26.7 Å². The van der Waals surface area contributed by atoms with Crippen molar-refractivity contribution < 1.29 is 19.1 Å². The highest BCUT2D eigenvalue weighted by Gasteiger charge is 2.32. The maximum atomic E-state index is 13.2. The van der Waals surface area contributed by atoms with Gasteiger partial charge >= 0.3 is 17.9 Å². The van der Waals surface area contributed by atoms with Gasteiger partial charge in [-0.3, -0.25) is 19.9 Å². The van der Waals surface area contributed by atoms with E-state index >= 15 is 0 Å². The smallest absolute Gasteiger partial charge is 0.413 e. The summed E-state index contributed by atoms with van der Waals surface area (Å²) in [7, 11) is 0. The molecule has 3 amide bonds. The van der Waals surface area contributed by atoms with Gasteiger partial charge in [0.2, 0.25) is 0 Å². The van der Waals surface area contributed by atoms with E-state index in [-0.39, 0.29) is 6.04 Å². The number of hydrogen-bond acceptors (Lipinski definition) is 6. The van der Waals surface area contributed by atoms with Crippen LogP contribution >= 0.6 is 0 Å². The maximum Gasteiger partial charge on any atom is 0.413 e. The molecule has 2 aromatic heterocycles. The van der Waals surface area contributed by atoms with Crippen molar-refractivity contribution in [1.29, 1.82) is 0 Å². The fourth-order valence-electron chi connectivity index (χ4n) is 4.32. The van der Waals surface area contributed by atoms with Gasteiger partial charge in [0.05, 0.1) is 17.9 Å². The summed E-state index contributed by atoms with van der Waals surface area (Å²) in [5, 5.41) is 7.33. The number of nitrogens with zero attached hydrogens (tertiary/aromatic N) is 3. The number of likely N-dealkylation sites (tertiary alicyclic amines) is 1. The highest BCUT2D eigenvalue weighted by atomic mass is 16.6. The second-order valence-electron chi connectivity index (χ2n) is 9.96. The fourth-order valence-corrected chi connectivity index (χ4v) is 4.32. The third kappa shape index (κ3) is 5.97. The zero-order valence-corrected chi connectivity index (χ0v) is 21.0. The molecule has 1 fully saturated rings. The molecule has 1 saturated heterocycles. The third-order valence-electron chi connectivity index (χ3n) is 5.96. The summed E-state index contributed by atoms with van der Waals surface area (Å²) in [6.07, 6.45) is 6.95. The number of fused-ring (bicyclic) bond motifs is 1. The first-order valence-electron chi connectivity index (χ1n) is 12.0. The van der Waals surface area contributed by atoms with E-state index in [1.807, 2.05) is 18.2 Å². The molecule has 0 bridgehead atoms. The number of amides is 3. The normalized spacial score (nSPS) is 15.9. The number of hydrogen-bond donors (Lipinski definition) is 2. The first-order valence-corrected chi connectivity index (χ1v) is 12.0. The molecule has 188 valence electrons. The van der Waals surface area contributed by atoms with E-state index in [9.17, 15) is 14.4 Å². The molecule has 36 heavy (non-hydrogen) atoms. The molecule has 2 N–H and O–H groups in total. The van der Waals surface area contributed by atoms with Crippen molar-refractivity contribution in [2.75, 3.05) is 17.2 Å². The van der Waals surface area contributed by atoms with Crippen molar-refractivity contribution in [3.8, 4) is 0 Å². The zero-order valence-electron chi connectivity index (χ0n) is 21.0. The quantitative estimate of drug-likeness (QED) is 0.502. The minimum atomic E-state index is -0.721. The number of carbonyl (C=O) groups excluding carboxylic acids is 3. The van der Waals surface area contributed by atoms with Crippen molar-refractivity contribution in [3.05, 3.63) is 60.0 Å². The van der Waals surface area contributed by atoms with Crippen LogP contribution in [0.15, 0.2) is 48.9 Å². The molecule has 1 aromatic carbocycles. The summed E-state index contributed by atoms with van der Waals surface area (Å²) in [6, 6.07) is 9.48. The Morgan fingerprint density at radius 3 is 2.58 bits per heavy atom. The van der Waals surface area contributed by atoms with Gasteiger partial charge in [-0.15, -0.1) is 0 Å². The number of aryl methyl sites for hydroxylation is 1. The van der Waals surface area contributed by atoms with Gasteiger partial charge in [-0.25, -0.2) is 9.78 Å². The van der Waals surface area contributed by atoms with Crippen LogP contribution in [0.2, 0.25) is 0 Å². The van der Waals surface area contributed by atoms with Gasteiger partial charge in [-0.2, -0.15) is 0 Å². The largest absolute Gasteiger partial charge is 0.444 e. The van der Waals surface area contributed by atoms with Gasteiger partial charge in [0.1, 0.15) is 11.4 Å². The Morgan fingerprint density at radius 2 is 1.83 bits per heavy atom. The highest BCUT2D eigenvalue weighted by Crippen LogP contribution is 2.32. The monoisotopic (exact) mass is 489 g/mol. The predicted molar refractivity (Wildman–Crippen MR) is 138 cm³/mol. The van der Waals surface area contributed by atoms with Crippen LogP contribution in [0.1, 0.15) is 57.2 Å². The topological polar surface area (TPSA) is 114 Å². The lowest BCUT2D eigenvalue weighted by Gasteiger charge is -2.35. The van der Waals surface area contributed by atoms with Crippen molar-refractivity contribution in [2.24, 2.45) is 0 Å². The van der Waals surface area contributed by atoms with Crippen LogP contribution in [0, 0.1) is 6.92 Å². The third-order valence-corrected chi connectivity index (χ3v) is 5.96. The Balaban J connectivity index is 1.45. The van der Waals surface area contributed by atoms with Crippen LogP contribution in [-0.2, 0) is 14.3 Å². The minimum absolute atomic E-state index is 0.171. The van der Waals surface area contributed by atoms with Crippen molar-refractivity contribution in [1.82, 2.24) is 14.9 Å². The second kappa shape index (κ2) is 10.3. The number of benzene rings is 1. The van der Waals surface area contributed by atoms with Crippen LogP contribution in [-0.4, -0.2) is 44.9 Å². The van der Waals surface area contributed by atoms with Gasteiger partial charge in [-0.05, 0) is 81.7 Å². The molecule has 1 atom stereocenters. The Labute approximate surface area is 210 Å². The summed E-state index contributed by atoms with van der Waals surface area (Å²) in [4.78, 5) is 48.1. The minimum Gasteiger partial charge on any atom is -0.444 e. The summed E-state index contributed by atoms with van der Waals surface area (Å²) in [5.41, 5.74) is 1.35. The molecule has 0 saturated carbocycles. The average molecular weight is 490 g/mol. The number of ether oxygens (including phenoxy) is 1. The molecule has 0 unspecified atom stereocenters. The van der Waals surface area contributed by atoms with E-state index in [1.165, 1.54) is 6.20 Å². The lowest BCUT2D eigenvalue weighted by molar-refractivity contribution is -0.145. The number of pyridine rings is 2. The predicted octanol–water partition coefficient (Wildman–Crippen LogP) is 4.98. The summed E-state index contributed by atoms with van der Waals surface area (Å²) < 4.78 is 5.25. The Kier molecular flexibility index (Phi) is 7.19. The summed E-state index contributed by atoms with van der Waals surface area (Å²) >= 11 is 0. The first kappa shape index (κ1) is 25.1. The van der Waals surface area contributed by atoms with Crippen LogP contribution in [0.3, 0.4) is 0 Å². The Hall–Kier alpha value is -4.01. The molecule has 9 nitrogen and oxygen atoms in total. The van der Waals surface area contributed by atoms with Crippen LogP contribution < -0.4 is 10.6 Å². The second-order valence-corrected chi connectivity index (χ2v) is 9.96. The van der Waals surface area contributed by atoms with E-state index in [0.717, 1.165) is 35.6 Å². The molecule has 0 spiro atoms. The number of nitrogens with one attached hydrogen (secondary N) is 2. The number of anilines is 2. The molecule has 3 heterocycles. The molecule has 3 aromatic rings. The van der Waals surface area contributed by atoms with Crippen molar-refractivity contribution in [2.45, 2.75) is 58.6 Å². The van der Waals surface area contributed by atoms with E-state index in [0.29, 0.717) is 23.6 Å². The van der Waals surface area contributed by atoms with Crippen LogP contribution in [0.4, 0.5) is 16.3 Å². The lowest BCUT2D eigenvalue weighted by atomic mass is 9.93. The molecule has 0 aliphatic carbocycles. The molecule has 9 heteroatoms. The first-order chi connectivity index (χ1) is 17.1. The van der Waals surface area contributed by atoms with Crippen molar-refractivity contribution in [3.63, 3.8) is 0 Å². The maximum absolute atomic E-state index is 13.2. The van der Waals surface area contributed by atoms with E-state index in [1.54, 1.807) is 51.1 Å². The summed E-state index contributed by atoms with van der Waals surface area (Å²) in [6.45, 7) is 7.57. The Morgan fingerprint density at radius 1 is 1.03 bits per heavy atom. The fraction of sp³-hybridized carbons (Fsp3) is 0.370. The van der Waals surface area contributed by atoms with Gasteiger partial charge in [0, 0.05) is 24.3 Å². The van der Waals surface area contributed by atoms with Gasteiger partial charge < -0.3 is 15.0 Å². The number of aromatic nitrogens is 2. The van der Waals surface area contributed by atoms with Crippen LogP contribution in [0.25, 0.3) is 10.8 Å². The van der Waals surface area contributed by atoms with Crippen molar-refractivity contribution >= 4 is 40.2 Å².